The minimum absolute atomic E-state index is 0.139. The molecule has 106 valence electrons. The maximum absolute atomic E-state index is 12.6. The molecule has 0 bridgehead atoms. The summed E-state index contributed by atoms with van der Waals surface area (Å²) in [6, 6.07) is 1.54. The Morgan fingerprint density at radius 1 is 1.26 bits per heavy atom. The van der Waals surface area contributed by atoms with Gasteiger partial charge in [-0.1, -0.05) is 11.6 Å². The van der Waals surface area contributed by atoms with Crippen LogP contribution in [0.1, 0.15) is 0 Å². The minimum Gasteiger partial charge on any atom is -0.506 e. The second-order valence-electron chi connectivity index (χ2n) is 3.42. The van der Waals surface area contributed by atoms with E-state index in [4.69, 9.17) is 17.3 Å². The van der Waals surface area contributed by atoms with E-state index in [9.17, 15) is 31.9 Å². The van der Waals surface area contributed by atoms with Crippen molar-refractivity contribution in [2.75, 3.05) is 11.1 Å². The Bertz CT molecular complexity index is 518. The zero-order valence-corrected chi connectivity index (χ0v) is 9.61. The Balaban J connectivity index is 3.05. The van der Waals surface area contributed by atoms with Crippen molar-refractivity contribution in [1.29, 1.82) is 0 Å². The van der Waals surface area contributed by atoms with Crippen LogP contribution in [0.3, 0.4) is 0 Å². The van der Waals surface area contributed by atoms with Crippen molar-refractivity contribution < 1.29 is 31.9 Å². The molecule has 4 N–H and O–H groups in total. The predicted octanol–water partition coefficient (Wildman–Crippen LogP) is 2.76. The number of halogens is 6. The van der Waals surface area contributed by atoms with E-state index in [1.807, 2.05) is 0 Å². The largest absolute Gasteiger partial charge is 0.506 e. The van der Waals surface area contributed by atoms with E-state index in [-0.39, 0.29) is 10.7 Å². The number of benzene rings is 1. The quantitative estimate of drug-likeness (QED) is 0.447. The predicted molar refractivity (Wildman–Crippen MR) is 57.2 cm³/mol. The van der Waals surface area contributed by atoms with Gasteiger partial charge in [-0.2, -0.15) is 22.0 Å². The summed E-state index contributed by atoms with van der Waals surface area (Å²) in [7, 11) is 0. The number of carbonyl (C=O) groups is 1. The number of rotatable bonds is 2. The lowest BCUT2D eigenvalue weighted by Gasteiger charge is -2.19. The van der Waals surface area contributed by atoms with Gasteiger partial charge in [0.2, 0.25) is 0 Å². The van der Waals surface area contributed by atoms with Crippen molar-refractivity contribution in [3.8, 4) is 5.75 Å². The van der Waals surface area contributed by atoms with Gasteiger partial charge < -0.3 is 16.2 Å². The molecule has 0 saturated carbocycles. The highest BCUT2D eigenvalue weighted by Crippen LogP contribution is 2.38. The molecule has 0 aromatic heterocycles. The molecule has 0 fully saturated rings. The first-order valence-electron chi connectivity index (χ1n) is 4.51. The fraction of sp³-hybridized carbons (Fsp3) is 0.222. The topological polar surface area (TPSA) is 75.3 Å². The number of anilines is 2. The van der Waals surface area contributed by atoms with E-state index in [1.165, 1.54) is 5.32 Å². The third-order valence-electron chi connectivity index (χ3n) is 2.00. The number of carbonyl (C=O) groups excluding carboxylic acids is 1. The minimum atomic E-state index is -6.05. The Hall–Kier alpha value is -1.77. The van der Waals surface area contributed by atoms with Crippen LogP contribution >= 0.6 is 11.6 Å². The number of phenols is 1. The normalized spacial score (nSPS) is 12.3. The second-order valence-corrected chi connectivity index (χ2v) is 3.82. The Morgan fingerprint density at radius 2 is 1.79 bits per heavy atom. The third-order valence-corrected chi connectivity index (χ3v) is 2.33. The standard InChI is InChI=1S/C9H6ClF5N2O2/c10-3-1-5(6(18)2-4(3)16)17-7(19)8(11,12)9(13,14)15/h1-2,18H,16H2,(H,17,19). The van der Waals surface area contributed by atoms with Gasteiger partial charge in [-0.25, -0.2) is 0 Å². The lowest BCUT2D eigenvalue weighted by atomic mass is 10.2. The van der Waals surface area contributed by atoms with Gasteiger partial charge in [0.1, 0.15) is 5.75 Å². The number of amides is 1. The van der Waals surface area contributed by atoms with Gasteiger partial charge in [-0.05, 0) is 6.07 Å². The number of phenolic OH excluding ortho intramolecular Hbond substituents is 1. The first-order chi connectivity index (χ1) is 8.46. The van der Waals surface area contributed by atoms with Crippen molar-refractivity contribution >= 4 is 28.9 Å². The zero-order chi connectivity index (χ0) is 15.0. The first kappa shape index (κ1) is 15.3. The molecule has 0 saturated heterocycles. The van der Waals surface area contributed by atoms with Crippen molar-refractivity contribution in [2.24, 2.45) is 0 Å². The summed E-state index contributed by atoms with van der Waals surface area (Å²) in [5.74, 6) is -9.04. The Kier molecular flexibility index (Phi) is 3.80. The molecule has 10 heteroatoms. The monoisotopic (exact) mass is 304 g/mol. The fourth-order valence-corrected chi connectivity index (χ4v) is 1.17. The van der Waals surface area contributed by atoms with E-state index in [2.05, 4.69) is 0 Å². The number of alkyl halides is 5. The molecular weight excluding hydrogens is 299 g/mol. The van der Waals surface area contributed by atoms with Crippen molar-refractivity contribution in [3.05, 3.63) is 17.2 Å². The first-order valence-corrected chi connectivity index (χ1v) is 4.88. The number of hydrogen-bond acceptors (Lipinski definition) is 3. The van der Waals surface area contributed by atoms with Crippen LogP contribution in [0.4, 0.5) is 33.3 Å². The van der Waals surface area contributed by atoms with Gasteiger partial charge >= 0.3 is 18.0 Å². The van der Waals surface area contributed by atoms with Gasteiger partial charge in [0.15, 0.2) is 0 Å². The highest BCUT2D eigenvalue weighted by molar-refractivity contribution is 6.33. The molecule has 0 aliphatic carbocycles. The maximum Gasteiger partial charge on any atom is 0.463 e. The lowest BCUT2D eigenvalue weighted by molar-refractivity contribution is -0.267. The molecule has 0 unspecified atom stereocenters. The molecule has 1 aromatic rings. The molecule has 1 rings (SSSR count). The van der Waals surface area contributed by atoms with Crippen molar-refractivity contribution in [2.45, 2.75) is 12.1 Å². The van der Waals surface area contributed by atoms with Crippen LogP contribution in [0, 0.1) is 0 Å². The molecular formula is C9H6ClF5N2O2. The average molecular weight is 305 g/mol. The van der Waals surface area contributed by atoms with Crippen LogP contribution < -0.4 is 11.1 Å². The van der Waals surface area contributed by atoms with Crippen molar-refractivity contribution in [1.82, 2.24) is 0 Å². The van der Waals surface area contributed by atoms with Crippen LogP contribution in [-0.4, -0.2) is 23.1 Å². The highest BCUT2D eigenvalue weighted by atomic mass is 35.5. The SMILES string of the molecule is Nc1cc(O)c(NC(=O)C(F)(F)C(F)(F)F)cc1Cl. The molecule has 0 atom stereocenters. The lowest BCUT2D eigenvalue weighted by Crippen LogP contribution is -2.47. The van der Waals surface area contributed by atoms with E-state index < -0.39 is 29.4 Å². The molecule has 0 aliphatic heterocycles. The summed E-state index contributed by atoms with van der Waals surface area (Å²) < 4.78 is 61.0. The van der Waals surface area contributed by atoms with Crippen LogP contribution in [0.2, 0.25) is 5.02 Å². The van der Waals surface area contributed by atoms with Crippen LogP contribution in [0.5, 0.6) is 5.75 Å². The molecule has 4 nitrogen and oxygen atoms in total. The van der Waals surface area contributed by atoms with Gasteiger partial charge in [-0.15, -0.1) is 0 Å². The summed E-state index contributed by atoms with van der Waals surface area (Å²) in [5, 5.41) is 10.2. The average Bonchev–Trinajstić information content (AvgIpc) is 2.24. The summed E-state index contributed by atoms with van der Waals surface area (Å²) in [6.07, 6.45) is -6.05. The Morgan fingerprint density at radius 3 is 2.26 bits per heavy atom. The molecule has 0 spiro atoms. The third kappa shape index (κ3) is 2.98. The molecule has 0 aliphatic rings. The molecule has 1 amide bonds. The number of hydrogen-bond donors (Lipinski definition) is 3. The van der Waals surface area contributed by atoms with E-state index >= 15 is 0 Å². The molecule has 0 heterocycles. The van der Waals surface area contributed by atoms with Crippen LogP contribution in [0.25, 0.3) is 0 Å². The van der Waals surface area contributed by atoms with Gasteiger partial charge in [0.25, 0.3) is 0 Å². The van der Waals surface area contributed by atoms with E-state index in [0.717, 1.165) is 12.1 Å². The summed E-state index contributed by atoms with van der Waals surface area (Å²) in [5.41, 5.74) is 4.39. The molecule has 1 aromatic carbocycles. The molecule has 19 heavy (non-hydrogen) atoms. The van der Waals surface area contributed by atoms with Crippen molar-refractivity contribution in [3.63, 3.8) is 0 Å². The summed E-state index contributed by atoms with van der Waals surface area (Å²) >= 11 is 5.48. The van der Waals surface area contributed by atoms with Crippen LogP contribution in [0.15, 0.2) is 12.1 Å². The zero-order valence-electron chi connectivity index (χ0n) is 8.86. The number of aromatic hydroxyl groups is 1. The number of nitrogen functional groups attached to an aromatic ring is 1. The smallest absolute Gasteiger partial charge is 0.463 e. The summed E-state index contributed by atoms with van der Waals surface area (Å²) in [6.45, 7) is 0. The van der Waals surface area contributed by atoms with E-state index in [1.54, 1.807) is 0 Å². The fourth-order valence-electron chi connectivity index (χ4n) is 1.01. The highest BCUT2D eigenvalue weighted by Gasteiger charge is 2.63. The number of nitrogens with one attached hydrogen (secondary N) is 1. The summed E-state index contributed by atoms with van der Waals surface area (Å²) in [4.78, 5) is 10.9. The molecule has 0 radical (unpaired) electrons. The van der Waals surface area contributed by atoms with Gasteiger partial charge in [0, 0.05) is 6.07 Å². The van der Waals surface area contributed by atoms with Gasteiger partial charge in [0.05, 0.1) is 16.4 Å². The Labute approximate surface area is 108 Å². The van der Waals surface area contributed by atoms with Gasteiger partial charge in [-0.3, -0.25) is 4.79 Å². The van der Waals surface area contributed by atoms with Crippen LogP contribution in [-0.2, 0) is 4.79 Å². The van der Waals surface area contributed by atoms with E-state index in [0.29, 0.717) is 0 Å². The maximum atomic E-state index is 12.6. The second kappa shape index (κ2) is 4.72. The number of nitrogens with two attached hydrogens (primary N) is 1.